The Labute approximate surface area is 198 Å². The highest BCUT2D eigenvalue weighted by Gasteiger charge is 2.10. The molecule has 0 unspecified atom stereocenters. The number of hydrogen-bond donors (Lipinski definition) is 5. The highest BCUT2D eigenvalue weighted by atomic mass is 16.2. The minimum Gasteiger partial charge on any atom is -0.368 e. The summed E-state index contributed by atoms with van der Waals surface area (Å²) in [5.74, 6) is -1.01. The zero-order valence-corrected chi connectivity index (χ0v) is 21.1. The normalized spacial score (nSPS) is 8.70. The van der Waals surface area contributed by atoms with E-state index < -0.39 is 11.8 Å². The molecule has 10 nitrogen and oxygen atoms in total. The van der Waals surface area contributed by atoms with Gasteiger partial charge >= 0.3 is 0 Å². The highest BCUT2D eigenvalue weighted by molar-refractivity contribution is 5.85. The van der Waals surface area contributed by atoms with E-state index in [2.05, 4.69) is 40.3 Å². The minimum atomic E-state index is -0.621. The molecular weight excluding hydrogens is 426 g/mol. The van der Waals surface area contributed by atoms with Crippen LogP contribution in [0.2, 0.25) is 0 Å². The maximum atomic E-state index is 10.9. The molecular formula is C23H43N5O5. The summed E-state index contributed by atoms with van der Waals surface area (Å²) < 4.78 is 0. The zero-order chi connectivity index (χ0) is 26.7. The number of hydrogen-bond acceptors (Lipinski definition) is 6. The molecule has 0 fully saturated rings. The summed E-state index contributed by atoms with van der Waals surface area (Å²) in [6.45, 7) is 16.8. The summed E-state index contributed by atoms with van der Waals surface area (Å²) in [6.07, 6.45) is 0.393. The molecule has 0 atom stereocenters. The first-order chi connectivity index (χ1) is 15.5. The number of primary amides is 1. The van der Waals surface area contributed by atoms with Gasteiger partial charge in [0.05, 0.1) is 19.6 Å². The largest absolute Gasteiger partial charge is 0.368 e. The van der Waals surface area contributed by atoms with Crippen LogP contribution in [0, 0.1) is 6.92 Å². The standard InChI is InChI=1S/C8H18N2O.C7H8.C5H9N3O3.C2H6.CH2O/c1-5-9-7(11)6-10-8(2,3)4;1-7-5-3-2-4-6-7;6-4(10)1-8-5(11)2-7-3-9;2*1-2/h10H,5-6H2,1-4H3,(H,9,11);2-6H,1H3;3H,1-2H2,(H2,6,10)(H,7,9)(H,8,11);1-2H3;1H2. The SMILES string of the molecule is C=O.CC.CCNC(=O)CNC(C)(C)C.Cc1ccccc1.NC(=O)CNC(=O)CNC=O. The van der Waals surface area contributed by atoms with E-state index in [1.165, 1.54) is 5.56 Å². The summed E-state index contributed by atoms with van der Waals surface area (Å²) in [4.78, 5) is 49.2. The van der Waals surface area contributed by atoms with Crippen LogP contribution >= 0.6 is 0 Å². The summed E-state index contributed by atoms with van der Waals surface area (Å²) in [5.41, 5.74) is 6.07. The van der Waals surface area contributed by atoms with E-state index in [-0.39, 0.29) is 24.5 Å². The molecule has 0 aliphatic carbocycles. The number of aryl methyl sites for hydroxylation is 1. The van der Waals surface area contributed by atoms with Crippen LogP contribution in [0.25, 0.3) is 0 Å². The maximum Gasteiger partial charge on any atom is 0.239 e. The highest BCUT2D eigenvalue weighted by Crippen LogP contribution is 1.96. The lowest BCUT2D eigenvalue weighted by molar-refractivity contribution is -0.125. The number of carbonyl (C=O) groups excluding carboxylic acids is 5. The summed E-state index contributed by atoms with van der Waals surface area (Å²) >= 11 is 0. The van der Waals surface area contributed by atoms with Crippen LogP contribution in [0.4, 0.5) is 0 Å². The number of nitrogens with one attached hydrogen (secondary N) is 4. The van der Waals surface area contributed by atoms with Crippen LogP contribution in [-0.4, -0.2) is 62.6 Å². The third-order valence-corrected chi connectivity index (χ3v) is 2.90. The zero-order valence-electron chi connectivity index (χ0n) is 21.1. The second-order valence-electron chi connectivity index (χ2n) is 6.95. The van der Waals surface area contributed by atoms with Gasteiger partial charge in [0.25, 0.3) is 0 Å². The van der Waals surface area contributed by atoms with Crippen molar-refractivity contribution in [2.24, 2.45) is 5.73 Å². The maximum absolute atomic E-state index is 10.9. The van der Waals surface area contributed by atoms with Crippen molar-refractivity contribution in [3.63, 3.8) is 0 Å². The van der Waals surface area contributed by atoms with Crippen molar-refractivity contribution in [3.8, 4) is 0 Å². The van der Waals surface area contributed by atoms with Gasteiger partial charge in [-0.3, -0.25) is 19.2 Å². The average molecular weight is 470 g/mol. The van der Waals surface area contributed by atoms with Gasteiger partial charge in [0.2, 0.25) is 24.1 Å². The van der Waals surface area contributed by atoms with Crippen molar-refractivity contribution in [2.75, 3.05) is 26.2 Å². The Hall–Kier alpha value is -3.27. The summed E-state index contributed by atoms with van der Waals surface area (Å²) in [6, 6.07) is 10.3. The van der Waals surface area contributed by atoms with Gasteiger partial charge in [0.1, 0.15) is 6.79 Å². The Balaban J connectivity index is -0.000000180. The number of amides is 4. The molecule has 0 heterocycles. The van der Waals surface area contributed by atoms with Crippen molar-refractivity contribution >= 4 is 30.9 Å². The topological polar surface area (TPSA) is 159 Å². The molecule has 0 saturated carbocycles. The van der Waals surface area contributed by atoms with Gasteiger partial charge in [-0.25, -0.2) is 0 Å². The lowest BCUT2D eigenvalue weighted by Gasteiger charge is -2.19. The van der Waals surface area contributed by atoms with Crippen LogP contribution in [0.3, 0.4) is 0 Å². The van der Waals surface area contributed by atoms with Crippen molar-refractivity contribution in [1.82, 2.24) is 21.3 Å². The van der Waals surface area contributed by atoms with Gasteiger partial charge in [-0.1, -0.05) is 49.7 Å². The predicted octanol–water partition coefficient (Wildman–Crippen LogP) is 0.681. The number of rotatable bonds is 8. The number of likely N-dealkylation sites (N-methyl/N-ethyl adjacent to an activating group) is 1. The fraction of sp³-hybridized carbons (Fsp3) is 0.522. The Kier molecular flexibility index (Phi) is 30.1. The summed E-state index contributed by atoms with van der Waals surface area (Å²) in [7, 11) is 0. The minimum absolute atomic E-state index is 0.0189. The van der Waals surface area contributed by atoms with Gasteiger partial charge in [0.15, 0.2) is 0 Å². The molecule has 1 aromatic rings. The van der Waals surface area contributed by atoms with Crippen LogP contribution in [0.5, 0.6) is 0 Å². The number of carbonyl (C=O) groups is 5. The first kappa shape index (κ1) is 37.1. The van der Waals surface area contributed by atoms with Crippen LogP contribution in [0.15, 0.2) is 30.3 Å². The molecule has 10 heteroatoms. The van der Waals surface area contributed by atoms with E-state index in [1.807, 2.05) is 66.5 Å². The Morgan fingerprint density at radius 2 is 1.42 bits per heavy atom. The van der Waals surface area contributed by atoms with Crippen molar-refractivity contribution in [3.05, 3.63) is 35.9 Å². The third kappa shape index (κ3) is 39.7. The van der Waals surface area contributed by atoms with E-state index in [0.29, 0.717) is 19.5 Å². The van der Waals surface area contributed by atoms with Crippen molar-refractivity contribution in [1.29, 1.82) is 0 Å². The lowest BCUT2D eigenvalue weighted by atomic mass is 10.1. The molecule has 0 saturated heterocycles. The second kappa shape index (κ2) is 26.8. The molecule has 6 N–H and O–H groups in total. The molecule has 0 aliphatic heterocycles. The molecule has 1 rings (SSSR count). The third-order valence-electron chi connectivity index (χ3n) is 2.90. The van der Waals surface area contributed by atoms with E-state index in [1.54, 1.807) is 0 Å². The van der Waals surface area contributed by atoms with E-state index in [4.69, 9.17) is 10.5 Å². The van der Waals surface area contributed by atoms with E-state index in [9.17, 15) is 19.2 Å². The quantitative estimate of drug-likeness (QED) is 0.352. The Morgan fingerprint density at radius 3 is 1.76 bits per heavy atom. The predicted molar refractivity (Wildman–Crippen MR) is 132 cm³/mol. The van der Waals surface area contributed by atoms with Crippen molar-refractivity contribution < 1.29 is 24.0 Å². The van der Waals surface area contributed by atoms with Crippen LogP contribution in [0.1, 0.15) is 47.1 Å². The van der Waals surface area contributed by atoms with Gasteiger partial charge in [-0.2, -0.15) is 0 Å². The van der Waals surface area contributed by atoms with Gasteiger partial charge in [-0.05, 0) is 34.6 Å². The van der Waals surface area contributed by atoms with Crippen LogP contribution < -0.4 is 27.0 Å². The smallest absolute Gasteiger partial charge is 0.239 e. The fourth-order valence-corrected chi connectivity index (χ4v) is 1.52. The van der Waals surface area contributed by atoms with Gasteiger partial charge in [0, 0.05) is 12.1 Å². The molecule has 1 aromatic carbocycles. The Morgan fingerprint density at radius 1 is 0.939 bits per heavy atom. The van der Waals surface area contributed by atoms with E-state index in [0.717, 1.165) is 0 Å². The van der Waals surface area contributed by atoms with Crippen LogP contribution in [-0.2, 0) is 24.0 Å². The van der Waals surface area contributed by atoms with Gasteiger partial charge < -0.3 is 31.8 Å². The summed E-state index contributed by atoms with van der Waals surface area (Å²) in [5, 5.41) is 10.1. The average Bonchev–Trinajstić information content (AvgIpc) is 2.79. The number of benzene rings is 1. The fourth-order valence-electron chi connectivity index (χ4n) is 1.52. The molecule has 4 amide bonds. The first-order valence-electron chi connectivity index (χ1n) is 10.6. The molecule has 0 spiro atoms. The molecule has 0 bridgehead atoms. The lowest BCUT2D eigenvalue weighted by Crippen LogP contribution is -2.43. The van der Waals surface area contributed by atoms with Gasteiger partial charge in [-0.15, -0.1) is 0 Å². The monoisotopic (exact) mass is 469 g/mol. The molecule has 0 radical (unpaired) electrons. The first-order valence-corrected chi connectivity index (χ1v) is 10.6. The molecule has 190 valence electrons. The molecule has 0 aromatic heterocycles. The molecule has 0 aliphatic rings. The van der Waals surface area contributed by atoms with Crippen molar-refractivity contribution in [2.45, 2.75) is 54.0 Å². The second-order valence-corrected chi connectivity index (χ2v) is 6.95. The van der Waals surface area contributed by atoms with E-state index >= 15 is 0 Å². The number of nitrogens with two attached hydrogens (primary N) is 1. The Bertz CT molecular complexity index is 619. The molecule has 33 heavy (non-hydrogen) atoms.